The molecule has 3 aromatic rings. The van der Waals surface area contributed by atoms with E-state index in [2.05, 4.69) is 25.9 Å². The number of nitrogens with one attached hydrogen (secondary N) is 3. The molecule has 3 rings (SSSR count). The van der Waals surface area contributed by atoms with Gasteiger partial charge in [0.1, 0.15) is 17.5 Å². The van der Waals surface area contributed by atoms with Crippen molar-refractivity contribution in [2.75, 3.05) is 38.7 Å². The zero-order valence-corrected chi connectivity index (χ0v) is 25.3. The highest BCUT2D eigenvalue weighted by molar-refractivity contribution is 5.99. The quantitative estimate of drug-likeness (QED) is 0.126. The Morgan fingerprint density at radius 3 is 2.40 bits per heavy atom. The molecular formula is C30H39ClN6O6. The highest BCUT2D eigenvalue weighted by atomic mass is 35.5. The highest BCUT2D eigenvalue weighted by Crippen LogP contribution is 2.16. The average Bonchev–Trinajstić information content (AvgIpc) is 2.97. The molecule has 0 spiro atoms. The third kappa shape index (κ3) is 10.7. The number of phenolic OH excluding ortho intramolecular Hbond substituents is 1. The third-order valence-electron chi connectivity index (χ3n) is 6.30. The Morgan fingerprint density at radius 2 is 1.72 bits per heavy atom. The summed E-state index contributed by atoms with van der Waals surface area (Å²) in [4.78, 5) is 47.2. The number of nitrogens with zero attached hydrogens (tertiary/aromatic N) is 2. The number of hydrogen-bond donors (Lipinski definition) is 5. The number of carbonyl (C=O) groups excluding carboxylic acids is 3. The molecule has 1 unspecified atom stereocenters. The van der Waals surface area contributed by atoms with E-state index in [0.717, 1.165) is 18.4 Å². The van der Waals surface area contributed by atoms with Crippen molar-refractivity contribution in [1.82, 2.24) is 20.6 Å². The lowest BCUT2D eigenvalue weighted by atomic mass is 10.1. The number of esters is 1. The van der Waals surface area contributed by atoms with Crippen molar-refractivity contribution in [2.24, 2.45) is 5.73 Å². The molecule has 6 N–H and O–H groups in total. The molecular weight excluding hydrogens is 576 g/mol. The van der Waals surface area contributed by atoms with Gasteiger partial charge < -0.3 is 36.3 Å². The van der Waals surface area contributed by atoms with E-state index >= 15 is 0 Å². The van der Waals surface area contributed by atoms with Gasteiger partial charge in [0.05, 0.1) is 30.7 Å². The van der Waals surface area contributed by atoms with Gasteiger partial charge in [-0.25, -0.2) is 14.8 Å². The molecule has 0 aliphatic carbocycles. The zero-order chi connectivity index (χ0) is 30.5. The van der Waals surface area contributed by atoms with Crippen LogP contribution in [0.4, 0.5) is 5.95 Å². The van der Waals surface area contributed by atoms with Gasteiger partial charge in [0, 0.05) is 18.7 Å². The first-order valence-electron chi connectivity index (χ1n) is 13.7. The van der Waals surface area contributed by atoms with Crippen LogP contribution in [0.1, 0.15) is 50.5 Å². The van der Waals surface area contributed by atoms with Crippen molar-refractivity contribution >= 4 is 36.1 Å². The summed E-state index contributed by atoms with van der Waals surface area (Å²) >= 11 is 0. The predicted octanol–water partition coefficient (Wildman–Crippen LogP) is 2.69. The molecule has 232 valence electrons. The van der Waals surface area contributed by atoms with E-state index < -0.39 is 23.8 Å². The first kappa shape index (κ1) is 34.8. The van der Waals surface area contributed by atoms with E-state index in [0.29, 0.717) is 54.8 Å². The van der Waals surface area contributed by atoms with Crippen molar-refractivity contribution in [3.63, 3.8) is 0 Å². The van der Waals surface area contributed by atoms with Crippen LogP contribution in [0.5, 0.6) is 11.5 Å². The number of hydrogen-bond acceptors (Lipinski definition) is 10. The molecule has 2 aromatic carbocycles. The maximum atomic E-state index is 13.2. The van der Waals surface area contributed by atoms with E-state index in [9.17, 15) is 19.5 Å². The Labute approximate surface area is 257 Å². The summed E-state index contributed by atoms with van der Waals surface area (Å²) < 4.78 is 10.4. The number of amides is 2. The lowest BCUT2D eigenvalue weighted by Crippen LogP contribution is -2.49. The SMILES string of the molecule is COC(=O)C(CNC(=O)c1cccc(OCCCN)c1)NC(=O)c1c(C)nc(NCCCc2cccc(O)c2)nc1C.Cl. The summed E-state index contributed by atoms with van der Waals surface area (Å²) in [6.07, 6.45) is 2.23. The van der Waals surface area contributed by atoms with Crippen molar-refractivity contribution < 1.29 is 29.0 Å². The zero-order valence-electron chi connectivity index (χ0n) is 24.5. The van der Waals surface area contributed by atoms with Gasteiger partial charge in [-0.15, -0.1) is 12.4 Å². The number of anilines is 1. The average molecular weight is 615 g/mol. The van der Waals surface area contributed by atoms with Crippen molar-refractivity contribution in [2.45, 2.75) is 39.2 Å². The Hall–Kier alpha value is -4.42. The molecule has 12 nitrogen and oxygen atoms in total. The number of aromatic hydroxyl groups is 1. The minimum atomic E-state index is -1.15. The molecule has 13 heteroatoms. The summed E-state index contributed by atoms with van der Waals surface area (Å²) in [5, 5.41) is 18.0. The first-order valence-corrected chi connectivity index (χ1v) is 13.7. The lowest BCUT2D eigenvalue weighted by Gasteiger charge is -2.19. The smallest absolute Gasteiger partial charge is 0.330 e. The fraction of sp³-hybridized carbons (Fsp3) is 0.367. The van der Waals surface area contributed by atoms with Crippen LogP contribution in [0.25, 0.3) is 0 Å². The van der Waals surface area contributed by atoms with Crippen molar-refractivity contribution in [3.05, 3.63) is 76.6 Å². The number of ether oxygens (including phenoxy) is 2. The molecule has 1 aromatic heterocycles. The second-order valence-electron chi connectivity index (χ2n) is 9.57. The summed E-state index contributed by atoms with van der Waals surface area (Å²) in [5.41, 5.74) is 7.92. The highest BCUT2D eigenvalue weighted by Gasteiger charge is 2.26. The summed E-state index contributed by atoms with van der Waals surface area (Å²) in [7, 11) is 1.20. The molecule has 0 aliphatic heterocycles. The molecule has 0 aliphatic rings. The molecule has 0 bridgehead atoms. The molecule has 2 amide bonds. The summed E-state index contributed by atoms with van der Waals surface area (Å²) in [6, 6.07) is 12.6. The Balaban J connectivity index is 0.00000645. The summed E-state index contributed by atoms with van der Waals surface area (Å²) in [5.74, 6) is -0.602. The molecule has 0 saturated heterocycles. The van der Waals surface area contributed by atoms with Gasteiger partial charge in [0.25, 0.3) is 11.8 Å². The lowest BCUT2D eigenvalue weighted by molar-refractivity contribution is -0.142. The number of benzene rings is 2. The van der Waals surface area contributed by atoms with Gasteiger partial charge in [-0.05, 0) is 75.5 Å². The molecule has 1 heterocycles. The molecule has 0 radical (unpaired) electrons. The van der Waals surface area contributed by atoms with E-state index in [1.165, 1.54) is 7.11 Å². The third-order valence-corrected chi connectivity index (χ3v) is 6.30. The van der Waals surface area contributed by atoms with Crippen LogP contribution in [0.2, 0.25) is 0 Å². The topological polar surface area (TPSA) is 178 Å². The maximum absolute atomic E-state index is 13.2. The van der Waals surface area contributed by atoms with E-state index in [-0.39, 0.29) is 30.3 Å². The van der Waals surface area contributed by atoms with Crippen LogP contribution in [0.15, 0.2) is 48.5 Å². The fourth-order valence-electron chi connectivity index (χ4n) is 4.19. The molecule has 43 heavy (non-hydrogen) atoms. The van der Waals surface area contributed by atoms with Gasteiger partial charge >= 0.3 is 5.97 Å². The van der Waals surface area contributed by atoms with Crippen LogP contribution in [0.3, 0.4) is 0 Å². The van der Waals surface area contributed by atoms with Crippen LogP contribution in [-0.4, -0.2) is 72.3 Å². The number of aromatic nitrogens is 2. The number of methoxy groups -OCH3 is 1. The van der Waals surface area contributed by atoms with Crippen LogP contribution >= 0.6 is 12.4 Å². The minimum Gasteiger partial charge on any atom is -0.508 e. The fourth-order valence-corrected chi connectivity index (χ4v) is 4.19. The second-order valence-corrected chi connectivity index (χ2v) is 9.57. The minimum absolute atomic E-state index is 0. The Kier molecular flexibility index (Phi) is 14.2. The van der Waals surface area contributed by atoms with Gasteiger partial charge in [0.2, 0.25) is 5.95 Å². The van der Waals surface area contributed by atoms with Crippen LogP contribution < -0.4 is 26.4 Å². The first-order chi connectivity index (χ1) is 20.2. The van der Waals surface area contributed by atoms with Crippen LogP contribution in [0, 0.1) is 13.8 Å². The monoisotopic (exact) mass is 614 g/mol. The number of nitrogens with two attached hydrogens (primary N) is 1. The van der Waals surface area contributed by atoms with Crippen molar-refractivity contribution in [3.8, 4) is 11.5 Å². The molecule has 0 fully saturated rings. The largest absolute Gasteiger partial charge is 0.508 e. The number of carbonyl (C=O) groups is 3. The molecule has 0 saturated carbocycles. The van der Waals surface area contributed by atoms with Gasteiger partial charge in [-0.1, -0.05) is 18.2 Å². The van der Waals surface area contributed by atoms with Gasteiger partial charge in [0.15, 0.2) is 0 Å². The Morgan fingerprint density at radius 1 is 1.00 bits per heavy atom. The Bertz CT molecular complexity index is 1370. The van der Waals surface area contributed by atoms with E-state index in [4.69, 9.17) is 15.2 Å². The number of rotatable bonds is 15. The van der Waals surface area contributed by atoms with E-state index in [1.54, 1.807) is 56.3 Å². The van der Waals surface area contributed by atoms with Gasteiger partial charge in [-0.2, -0.15) is 0 Å². The van der Waals surface area contributed by atoms with Gasteiger partial charge in [-0.3, -0.25) is 9.59 Å². The van der Waals surface area contributed by atoms with E-state index in [1.807, 2.05) is 6.07 Å². The molecule has 1 atom stereocenters. The number of phenols is 1. The second kappa shape index (κ2) is 17.5. The maximum Gasteiger partial charge on any atom is 0.330 e. The predicted molar refractivity (Wildman–Crippen MR) is 165 cm³/mol. The standard InChI is InChI=1S/C30H38N6O6.ClH/c1-19-26(20(2)35-30(34-19)32-14-6-9-21-8-4-11-23(37)16-21)28(39)36-25(29(40)41-3)18-33-27(38)22-10-5-12-24(17-22)42-15-7-13-31;/h4-5,8,10-12,16-17,25,37H,6-7,9,13-15,18,31H2,1-3H3,(H,33,38)(H,36,39)(H,32,34,35);1H. The van der Waals surface area contributed by atoms with Crippen molar-refractivity contribution in [1.29, 1.82) is 0 Å². The number of halogens is 1. The summed E-state index contributed by atoms with van der Waals surface area (Å²) in [6.45, 7) is 4.67. The normalized spacial score (nSPS) is 11.1. The number of aryl methyl sites for hydroxylation is 3. The van der Waals surface area contributed by atoms with Crippen LogP contribution in [-0.2, 0) is 16.0 Å².